The van der Waals surface area contributed by atoms with Crippen LogP contribution in [0.5, 0.6) is 0 Å². The molecule has 1 atom stereocenters. The maximum Gasteiger partial charge on any atom is 0.128 e. The summed E-state index contributed by atoms with van der Waals surface area (Å²) in [5.74, 6) is 0.438. The fraction of sp³-hybridized carbons (Fsp3) is 0.200. The maximum atomic E-state index is 13.3. The summed E-state index contributed by atoms with van der Waals surface area (Å²) in [5, 5.41) is -0.248. The molecule has 5 heteroatoms. The van der Waals surface area contributed by atoms with Crippen LogP contribution in [0.4, 0.5) is 4.39 Å². The Bertz CT molecular complexity index is 737. The van der Waals surface area contributed by atoms with Crippen molar-refractivity contribution in [1.29, 1.82) is 0 Å². The maximum absolute atomic E-state index is 13.3. The highest BCUT2D eigenvalue weighted by molar-refractivity contribution is 6.20. The lowest BCUT2D eigenvalue weighted by Crippen LogP contribution is -2.05. The molecule has 0 saturated carbocycles. The summed E-state index contributed by atoms with van der Waals surface area (Å²) in [6.07, 6.45) is 3.54. The number of benzene rings is 1. The van der Waals surface area contributed by atoms with Crippen molar-refractivity contribution in [1.82, 2.24) is 14.5 Å². The summed E-state index contributed by atoms with van der Waals surface area (Å²) < 4.78 is 15.3. The number of alkyl halides is 1. The fourth-order valence-corrected chi connectivity index (χ4v) is 2.43. The van der Waals surface area contributed by atoms with E-state index in [1.807, 2.05) is 23.6 Å². The molecule has 0 radical (unpaired) electrons. The van der Waals surface area contributed by atoms with Gasteiger partial charge in [-0.2, -0.15) is 0 Å². The molecule has 1 aromatic carbocycles. The Morgan fingerprint density at radius 3 is 2.90 bits per heavy atom. The molecule has 3 nitrogen and oxygen atoms in total. The molecule has 0 aliphatic rings. The molecule has 0 spiro atoms. The van der Waals surface area contributed by atoms with Crippen molar-refractivity contribution < 1.29 is 4.39 Å². The van der Waals surface area contributed by atoms with Crippen molar-refractivity contribution in [2.75, 3.05) is 0 Å². The molecule has 0 fully saturated rings. The number of rotatable bonds is 3. The van der Waals surface area contributed by atoms with Crippen LogP contribution in [-0.4, -0.2) is 14.5 Å². The van der Waals surface area contributed by atoms with Gasteiger partial charge < -0.3 is 4.57 Å². The van der Waals surface area contributed by atoms with Crippen LogP contribution in [0.2, 0.25) is 0 Å². The van der Waals surface area contributed by atoms with E-state index in [-0.39, 0.29) is 11.2 Å². The molecule has 102 valence electrons. The predicted molar refractivity (Wildman–Crippen MR) is 77.3 cm³/mol. The van der Waals surface area contributed by atoms with Crippen molar-refractivity contribution in [3.63, 3.8) is 0 Å². The van der Waals surface area contributed by atoms with E-state index in [2.05, 4.69) is 9.97 Å². The number of halogens is 2. The van der Waals surface area contributed by atoms with Gasteiger partial charge in [0.05, 0.1) is 23.0 Å². The molecule has 0 saturated heterocycles. The first-order valence-electron chi connectivity index (χ1n) is 6.34. The van der Waals surface area contributed by atoms with Crippen LogP contribution in [0, 0.1) is 5.82 Å². The van der Waals surface area contributed by atoms with Gasteiger partial charge in [-0.05, 0) is 30.7 Å². The van der Waals surface area contributed by atoms with E-state index in [1.54, 1.807) is 18.5 Å². The van der Waals surface area contributed by atoms with Gasteiger partial charge in [0.1, 0.15) is 11.6 Å². The quantitative estimate of drug-likeness (QED) is 0.684. The van der Waals surface area contributed by atoms with E-state index >= 15 is 0 Å². The first-order valence-corrected chi connectivity index (χ1v) is 6.77. The monoisotopic (exact) mass is 289 g/mol. The topological polar surface area (TPSA) is 30.7 Å². The first-order chi connectivity index (χ1) is 9.65. The van der Waals surface area contributed by atoms with Crippen molar-refractivity contribution in [2.24, 2.45) is 0 Å². The summed E-state index contributed by atoms with van der Waals surface area (Å²) in [7, 11) is 0. The SMILES string of the molecule is CC(Cl)c1nc2cc(F)ccc2n1Cc1cccnc1. The lowest BCUT2D eigenvalue weighted by atomic mass is 10.2. The predicted octanol–water partition coefficient (Wildman–Crippen LogP) is 3.92. The second-order valence-electron chi connectivity index (χ2n) is 4.67. The minimum absolute atomic E-state index is 0.248. The standard InChI is InChI=1S/C15H13ClFN3/c1-10(16)15-19-13-7-12(17)4-5-14(13)20(15)9-11-3-2-6-18-8-11/h2-8,10H,9H2,1H3. The number of hydrogen-bond acceptors (Lipinski definition) is 2. The number of aromatic nitrogens is 3. The van der Waals surface area contributed by atoms with Gasteiger partial charge >= 0.3 is 0 Å². The highest BCUT2D eigenvalue weighted by atomic mass is 35.5. The molecular formula is C15H13ClFN3. The Balaban J connectivity index is 2.14. The van der Waals surface area contributed by atoms with Gasteiger partial charge in [-0.3, -0.25) is 4.98 Å². The van der Waals surface area contributed by atoms with Gasteiger partial charge in [0.25, 0.3) is 0 Å². The zero-order valence-electron chi connectivity index (χ0n) is 10.9. The minimum Gasteiger partial charge on any atom is -0.322 e. The third-order valence-electron chi connectivity index (χ3n) is 3.16. The van der Waals surface area contributed by atoms with Gasteiger partial charge in [-0.1, -0.05) is 6.07 Å². The van der Waals surface area contributed by atoms with Crippen LogP contribution in [0.15, 0.2) is 42.7 Å². The summed E-state index contributed by atoms with van der Waals surface area (Å²) >= 11 is 6.19. The van der Waals surface area contributed by atoms with Crippen molar-refractivity contribution in [3.05, 3.63) is 59.9 Å². The molecule has 1 unspecified atom stereocenters. The van der Waals surface area contributed by atoms with Gasteiger partial charge in [-0.25, -0.2) is 9.37 Å². The average molecular weight is 290 g/mol. The molecule has 2 aromatic heterocycles. The van der Waals surface area contributed by atoms with E-state index in [0.717, 1.165) is 16.9 Å². The summed E-state index contributed by atoms with van der Waals surface area (Å²) in [6, 6.07) is 8.48. The number of pyridine rings is 1. The molecule has 3 rings (SSSR count). The molecule has 0 amide bonds. The van der Waals surface area contributed by atoms with E-state index < -0.39 is 0 Å². The van der Waals surface area contributed by atoms with Crippen molar-refractivity contribution in [2.45, 2.75) is 18.8 Å². The Hall–Kier alpha value is -1.94. The van der Waals surface area contributed by atoms with E-state index in [0.29, 0.717) is 12.1 Å². The Kier molecular flexibility index (Phi) is 3.40. The molecular weight excluding hydrogens is 277 g/mol. The average Bonchev–Trinajstić information content (AvgIpc) is 2.78. The largest absolute Gasteiger partial charge is 0.322 e. The van der Waals surface area contributed by atoms with E-state index in [9.17, 15) is 4.39 Å². The Labute approximate surface area is 121 Å². The van der Waals surface area contributed by atoms with Gasteiger partial charge in [-0.15, -0.1) is 11.6 Å². The number of nitrogens with zero attached hydrogens (tertiary/aromatic N) is 3. The van der Waals surface area contributed by atoms with Crippen LogP contribution in [0.3, 0.4) is 0 Å². The zero-order valence-corrected chi connectivity index (χ0v) is 11.7. The van der Waals surface area contributed by atoms with Gasteiger partial charge in [0.15, 0.2) is 0 Å². The van der Waals surface area contributed by atoms with Crippen molar-refractivity contribution in [3.8, 4) is 0 Å². The third-order valence-corrected chi connectivity index (χ3v) is 3.35. The zero-order chi connectivity index (χ0) is 14.1. The van der Waals surface area contributed by atoms with Crippen LogP contribution in [-0.2, 0) is 6.54 Å². The van der Waals surface area contributed by atoms with Gasteiger partial charge in [0, 0.05) is 18.5 Å². The Morgan fingerprint density at radius 2 is 2.20 bits per heavy atom. The Morgan fingerprint density at radius 1 is 1.35 bits per heavy atom. The number of hydrogen-bond donors (Lipinski definition) is 0. The third kappa shape index (κ3) is 2.39. The second kappa shape index (κ2) is 5.21. The van der Waals surface area contributed by atoms with Crippen molar-refractivity contribution >= 4 is 22.6 Å². The van der Waals surface area contributed by atoms with Crippen LogP contribution in [0.25, 0.3) is 11.0 Å². The normalized spacial score (nSPS) is 12.8. The van der Waals surface area contributed by atoms with Crippen LogP contribution >= 0.6 is 11.6 Å². The molecule has 0 aliphatic heterocycles. The fourth-order valence-electron chi connectivity index (χ4n) is 2.27. The first kappa shape index (κ1) is 13.1. The summed E-state index contributed by atoms with van der Waals surface area (Å²) in [4.78, 5) is 8.55. The van der Waals surface area contributed by atoms with Crippen LogP contribution in [0.1, 0.15) is 23.7 Å². The van der Waals surface area contributed by atoms with E-state index in [4.69, 9.17) is 11.6 Å². The minimum atomic E-state index is -0.294. The summed E-state index contributed by atoms with van der Waals surface area (Å²) in [5.41, 5.74) is 2.55. The second-order valence-corrected chi connectivity index (χ2v) is 5.32. The molecule has 0 aliphatic carbocycles. The highest BCUT2D eigenvalue weighted by Gasteiger charge is 2.15. The van der Waals surface area contributed by atoms with Gasteiger partial charge in [0.2, 0.25) is 0 Å². The molecule has 20 heavy (non-hydrogen) atoms. The molecule has 3 aromatic rings. The lowest BCUT2D eigenvalue weighted by molar-refractivity contribution is 0.629. The molecule has 0 N–H and O–H groups in total. The van der Waals surface area contributed by atoms with E-state index in [1.165, 1.54) is 12.1 Å². The summed E-state index contributed by atoms with van der Waals surface area (Å²) in [6.45, 7) is 2.47. The molecule has 2 heterocycles. The number of fused-ring (bicyclic) bond motifs is 1. The lowest BCUT2D eigenvalue weighted by Gasteiger charge is -2.10. The van der Waals surface area contributed by atoms with Crippen LogP contribution < -0.4 is 0 Å². The molecule has 0 bridgehead atoms. The highest BCUT2D eigenvalue weighted by Crippen LogP contribution is 2.25. The number of imidazole rings is 1. The smallest absolute Gasteiger partial charge is 0.128 e.